The van der Waals surface area contributed by atoms with Crippen molar-refractivity contribution in [2.24, 2.45) is 0 Å². The molecule has 44 heavy (non-hydrogen) atoms. The first kappa shape index (κ1) is 31.0. The summed E-state index contributed by atoms with van der Waals surface area (Å²) in [7, 11) is 5.68. The molecule has 1 amide bonds. The lowest BCUT2D eigenvalue weighted by atomic mass is 10.0. The molecular weight excluding hydrogens is 554 g/mol. The molecule has 3 aromatic rings. The Morgan fingerprint density at radius 2 is 1.84 bits per heavy atom. The SMILES string of the molecule is C=CC(=O)Nc1cc(Nc2cc(-c3ccc(C=N)c(NC)c3)ncn2)c(OC)cc1N1CCC(N2CCCN(C)CC2)CC1. The van der Waals surface area contributed by atoms with Gasteiger partial charge in [-0.3, -0.25) is 9.69 Å². The molecule has 2 saturated heterocycles. The van der Waals surface area contributed by atoms with Crippen LogP contribution in [0.4, 0.5) is 28.6 Å². The second-order valence-electron chi connectivity index (χ2n) is 11.3. The van der Waals surface area contributed by atoms with Gasteiger partial charge in [-0.2, -0.15) is 0 Å². The number of ether oxygens (including phenoxy) is 1. The van der Waals surface area contributed by atoms with Crippen molar-refractivity contribution in [1.82, 2.24) is 19.8 Å². The monoisotopic (exact) mass is 597 g/mol. The van der Waals surface area contributed by atoms with Gasteiger partial charge in [-0.15, -0.1) is 0 Å². The highest BCUT2D eigenvalue weighted by Crippen LogP contribution is 2.40. The molecule has 2 aromatic carbocycles. The normalized spacial score (nSPS) is 16.6. The quantitative estimate of drug-likeness (QED) is 0.195. The van der Waals surface area contributed by atoms with Gasteiger partial charge in [0.15, 0.2) is 0 Å². The summed E-state index contributed by atoms with van der Waals surface area (Å²) < 4.78 is 5.84. The standard InChI is InChI=1S/C33H43N9O2/c1-5-33(43)39-28-18-29(38-32-19-27(36-22-37-32)23-7-8-24(21-34)26(17-23)35-2)31(44-4)20-30(28)42-13-9-25(10-14-42)41-12-6-11-40(3)15-16-41/h5,7-8,17-22,25,34-35H,1,6,9-16H2,2-4H3,(H,39,43)(H,36,37,38). The zero-order valence-corrected chi connectivity index (χ0v) is 25.9. The molecule has 11 heteroatoms. The highest BCUT2D eigenvalue weighted by atomic mass is 16.5. The van der Waals surface area contributed by atoms with Crippen molar-refractivity contribution in [3.63, 3.8) is 0 Å². The molecular formula is C33H43N9O2. The number of aromatic nitrogens is 2. The summed E-state index contributed by atoms with van der Waals surface area (Å²) in [6.07, 6.45) is 7.46. The number of methoxy groups -OCH3 is 1. The summed E-state index contributed by atoms with van der Waals surface area (Å²) >= 11 is 0. The second-order valence-corrected chi connectivity index (χ2v) is 11.3. The van der Waals surface area contributed by atoms with Crippen LogP contribution in [0.15, 0.2) is 55.4 Å². The Morgan fingerprint density at radius 3 is 2.57 bits per heavy atom. The third-order valence-corrected chi connectivity index (χ3v) is 8.54. The number of rotatable bonds is 10. The van der Waals surface area contributed by atoms with Gasteiger partial charge in [-0.25, -0.2) is 9.97 Å². The number of benzene rings is 2. The molecule has 0 radical (unpaired) electrons. The third kappa shape index (κ3) is 7.17. The molecule has 2 aliphatic rings. The Bertz CT molecular complexity index is 1490. The number of likely N-dealkylation sites (N-methyl/N-ethyl adjacent to an activating group) is 1. The number of carbonyl (C=O) groups excluding carboxylic acids is 1. The Labute approximate surface area is 259 Å². The number of nitrogens with zero attached hydrogens (tertiary/aromatic N) is 5. The molecule has 0 bridgehead atoms. The van der Waals surface area contributed by atoms with Gasteiger partial charge in [0.1, 0.15) is 17.9 Å². The predicted octanol–water partition coefficient (Wildman–Crippen LogP) is 4.67. The zero-order valence-electron chi connectivity index (χ0n) is 25.9. The van der Waals surface area contributed by atoms with Crippen molar-refractivity contribution in [2.75, 3.05) is 81.3 Å². The van der Waals surface area contributed by atoms with Gasteiger partial charge in [-0.05, 0) is 57.6 Å². The van der Waals surface area contributed by atoms with Gasteiger partial charge in [-0.1, -0.05) is 18.7 Å². The summed E-state index contributed by atoms with van der Waals surface area (Å²) in [5, 5.41) is 17.1. The summed E-state index contributed by atoms with van der Waals surface area (Å²) in [5.74, 6) is 0.944. The van der Waals surface area contributed by atoms with Crippen LogP contribution in [-0.4, -0.2) is 98.4 Å². The van der Waals surface area contributed by atoms with E-state index in [1.807, 2.05) is 43.4 Å². The van der Waals surface area contributed by atoms with Crippen LogP contribution >= 0.6 is 0 Å². The van der Waals surface area contributed by atoms with Crippen molar-refractivity contribution < 1.29 is 9.53 Å². The molecule has 0 unspecified atom stereocenters. The summed E-state index contributed by atoms with van der Waals surface area (Å²) in [5.41, 5.74) is 5.52. The molecule has 232 valence electrons. The average molecular weight is 598 g/mol. The fourth-order valence-corrected chi connectivity index (χ4v) is 6.06. The summed E-state index contributed by atoms with van der Waals surface area (Å²) in [6.45, 7) is 9.99. The smallest absolute Gasteiger partial charge is 0.247 e. The fraction of sp³-hybridized carbons (Fsp3) is 0.394. The van der Waals surface area contributed by atoms with E-state index in [2.05, 4.69) is 54.2 Å². The summed E-state index contributed by atoms with van der Waals surface area (Å²) in [4.78, 5) is 28.8. The van der Waals surface area contributed by atoms with Crippen LogP contribution < -0.4 is 25.6 Å². The highest BCUT2D eigenvalue weighted by molar-refractivity contribution is 6.02. The van der Waals surface area contributed by atoms with E-state index in [0.717, 1.165) is 80.3 Å². The number of hydrogen-bond donors (Lipinski definition) is 4. The number of anilines is 5. The lowest BCUT2D eigenvalue weighted by Crippen LogP contribution is -2.46. The van der Waals surface area contributed by atoms with E-state index >= 15 is 0 Å². The summed E-state index contributed by atoms with van der Waals surface area (Å²) in [6, 6.07) is 12.1. The molecule has 3 heterocycles. The van der Waals surface area contributed by atoms with Gasteiger partial charge >= 0.3 is 0 Å². The Kier molecular flexibility index (Phi) is 10.1. The molecule has 11 nitrogen and oxygen atoms in total. The molecule has 5 rings (SSSR count). The maximum atomic E-state index is 12.5. The maximum Gasteiger partial charge on any atom is 0.247 e. The van der Waals surface area contributed by atoms with E-state index in [1.54, 1.807) is 7.11 Å². The molecule has 0 aliphatic carbocycles. The third-order valence-electron chi connectivity index (χ3n) is 8.54. The van der Waals surface area contributed by atoms with E-state index in [-0.39, 0.29) is 5.91 Å². The van der Waals surface area contributed by atoms with E-state index in [0.29, 0.717) is 29.0 Å². The minimum atomic E-state index is -0.274. The molecule has 1 aromatic heterocycles. The molecule has 2 fully saturated rings. The molecule has 0 saturated carbocycles. The zero-order chi connectivity index (χ0) is 31.1. The molecule has 4 N–H and O–H groups in total. The number of piperidine rings is 1. The minimum absolute atomic E-state index is 0.274. The number of carbonyl (C=O) groups is 1. The maximum absolute atomic E-state index is 12.5. The van der Waals surface area contributed by atoms with Gasteiger partial charge in [0.25, 0.3) is 0 Å². The Morgan fingerprint density at radius 1 is 1.02 bits per heavy atom. The van der Waals surface area contributed by atoms with E-state index in [1.165, 1.54) is 25.0 Å². The fourth-order valence-electron chi connectivity index (χ4n) is 6.06. The van der Waals surface area contributed by atoms with Gasteiger partial charge in [0.05, 0.1) is 29.9 Å². The lowest BCUT2D eigenvalue weighted by Gasteiger charge is -2.39. The Balaban J connectivity index is 1.38. The van der Waals surface area contributed by atoms with Crippen molar-refractivity contribution >= 4 is 40.7 Å². The highest BCUT2D eigenvalue weighted by Gasteiger charge is 2.28. The van der Waals surface area contributed by atoms with E-state index < -0.39 is 0 Å². The van der Waals surface area contributed by atoms with Crippen LogP contribution in [0, 0.1) is 5.41 Å². The Hall–Kier alpha value is -4.48. The number of amides is 1. The van der Waals surface area contributed by atoms with E-state index in [4.69, 9.17) is 10.1 Å². The van der Waals surface area contributed by atoms with Crippen molar-refractivity contribution in [2.45, 2.75) is 25.3 Å². The van der Waals surface area contributed by atoms with Gasteiger partial charge in [0, 0.05) is 74.4 Å². The first-order chi connectivity index (χ1) is 21.4. The van der Waals surface area contributed by atoms with E-state index in [9.17, 15) is 4.79 Å². The number of hydrogen-bond acceptors (Lipinski definition) is 10. The topological polar surface area (TPSA) is 122 Å². The van der Waals surface area contributed by atoms with Crippen LogP contribution in [0.3, 0.4) is 0 Å². The molecule has 0 atom stereocenters. The van der Waals surface area contributed by atoms with Crippen molar-refractivity contribution in [3.8, 4) is 17.0 Å². The second kappa shape index (κ2) is 14.3. The average Bonchev–Trinajstić information content (AvgIpc) is 3.29. The first-order valence-corrected chi connectivity index (χ1v) is 15.2. The van der Waals surface area contributed by atoms with Crippen LogP contribution in [0.1, 0.15) is 24.8 Å². The van der Waals surface area contributed by atoms with Crippen LogP contribution in [0.2, 0.25) is 0 Å². The first-order valence-electron chi connectivity index (χ1n) is 15.2. The van der Waals surface area contributed by atoms with Crippen molar-refractivity contribution in [1.29, 1.82) is 5.41 Å². The predicted molar refractivity (Wildman–Crippen MR) is 179 cm³/mol. The van der Waals surface area contributed by atoms with Crippen molar-refractivity contribution in [3.05, 3.63) is 60.9 Å². The molecule has 0 spiro atoms. The minimum Gasteiger partial charge on any atom is -0.494 e. The van der Waals surface area contributed by atoms with Crippen LogP contribution in [-0.2, 0) is 4.79 Å². The lowest BCUT2D eigenvalue weighted by molar-refractivity contribution is -0.111. The van der Waals surface area contributed by atoms with Crippen LogP contribution in [0.5, 0.6) is 5.75 Å². The van der Waals surface area contributed by atoms with Crippen LogP contribution in [0.25, 0.3) is 11.3 Å². The number of nitrogens with one attached hydrogen (secondary N) is 4. The molecule has 2 aliphatic heterocycles. The van der Waals surface area contributed by atoms with Gasteiger partial charge in [0.2, 0.25) is 5.91 Å². The van der Waals surface area contributed by atoms with Gasteiger partial charge < -0.3 is 35.9 Å². The largest absolute Gasteiger partial charge is 0.494 e.